The van der Waals surface area contributed by atoms with E-state index < -0.39 is 0 Å². The molecule has 20 heavy (non-hydrogen) atoms. The van der Waals surface area contributed by atoms with Gasteiger partial charge >= 0.3 is 0 Å². The maximum absolute atomic E-state index is 13.4. The maximum atomic E-state index is 13.4. The Kier molecular flexibility index (Phi) is 5.45. The minimum atomic E-state index is -0.368. The van der Waals surface area contributed by atoms with E-state index in [1.807, 2.05) is 6.07 Å². The van der Waals surface area contributed by atoms with Crippen LogP contribution in [0.5, 0.6) is 0 Å². The predicted octanol–water partition coefficient (Wildman–Crippen LogP) is 5.43. The van der Waals surface area contributed by atoms with Crippen molar-refractivity contribution in [3.05, 3.63) is 70.0 Å². The number of hydrogen-bond donors (Lipinski definition) is 0. The molecule has 1 unspecified atom stereocenters. The van der Waals surface area contributed by atoms with E-state index in [0.29, 0.717) is 12.3 Å². The van der Waals surface area contributed by atoms with Crippen molar-refractivity contribution in [3.63, 3.8) is 0 Å². The number of rotatable bonds is 5. The van der Waals surface area contributed by atoms with Crippen LogP contribution in [0.15, 0.2) is 42.5 Å². The molecule has 3 heteroatoms. The van der Waals surface area contributed by atoms with Crippen molar-refractivity contribution < 1.29 is 4.39 Å². The lowest BCUT2D eigenvalue weighted by Gasteiger charge is -2.15. The number of benzene rings is 2. The maximum Gasteiger partial charge on any atom is 0.142 e. The highest BCUT2D eigenvalue weighted by molar-refractivity contribution is 6.31. The second-order valence-electron chi connectivity index (χ2n) is 5.13. The largest absolute Gasteiger partial charge is 0.205 e. The van der Waals surface area contributed by atoms with Crippen LogP contribution in [0.25, 0.3) is 0 Å². The van der Waals surface area contributed by atoms with Crippen LogP contribution in [0, 0.1) is 18.7 Å². The fourth-order valence-electron chi connectivity index (χ4n) is 2.26. The summed E-state index contributed by atoms with van der Waals surface area (Å²) in [4.78, 5) is 0. The summed E-state index contributed by atoms with van der Waals surface area (Å²) in [5, 5.41) is 0.214. The van der Waals surface area contributed by atoms with Gasteiger partial charge in [-0.25, -0.2) is 4.39 Å². The average molecular weight is 311 g/mol. The van der Waals surface area contributed by atoms with Crippen LogP contribution in [-0.2, 0) is 12.8 Å². The highest BCUT2D eigenvalue weighted by atomic mass is 35.5. The first-order valence-corrected chi connectivity index (χ1v) is 7.55. The lowest BCUT2D eigenvalue weighted by molar-refractivity contribution is 0.577. The van der Waals surface area contributed by atoms with Gasteiger partial charge in [0.1, 0.15) is 5.82 Å². The lowest BCUT2D eigenvalue weighted by atomic mass is 9.93. The Bertz CT molecular complexity index is 564. The zero-order valence-electron chi connectivity index (χ0n) is 11.4. The van der Waals surface area contributed by atoms with Crippen LogP contribution in [0.2, 0.25) is 5.02 Å². The van der Waals surface area contributed by atoms with Crippen molar-refractivity contribution in [2.75, 3.05) is 5.88 Å². The van der Waals surface area contributed by atoms with Crippen molar-refractivity contribution >= 4 is 23.2 Å². The monoisotopic (exact) mass is 310 g/mol. The van der Waals surface area contributed by atoms with Crippen molar-refractivity contribution in [2.24, 2.45) is 5.92 Å². The number of halogens is 3. The third kappa shape index (κ3) is 3.97. The molecule has 2 aromatic carbocycles. The van der Waals surface area contributed by atoms with Crippen molar-refractivity contribution in [2.45, 2.75) is 19.8 Å². The van der Waals surface area contributed by atoms with Gasteiger partial charge in [-0.15, -0.1) is 11.6 Å². The van der Waals surface area contributed by atoms with Gasteiger partial charge in [0.15, 0.2) is 0 Å². The molecule has 0 saturated heterocycles. The van der Waals surface area contributed by atoms with E-state index in [1.54, 1.807) is 6.07 Å². The fraction of sp³-hybridized carbons (Fsp3) is 0.294. The quantitative estimate of drug-likeness (QED) is 0.646. The van der Waals surface area contributed by atoms with Crippen molar-refractivity contribution in [3.8, 4) is 0 Å². The van der Waals surface area contributed by atoms with Crippen LogP contribution in [-0.4, -0.2) is 5.88 Å². The summed E-state index contributed by atoms with van der Waals surface area (Å²) in [7, 11) is 0. The molecule has 0 aliphatic rings. The molecule has 0 radical (unpaired) electrons. The smallest absolute Gasteiger partial charge is 0.142 e. The minimum Gasteiger partial charge on any atom is -0.205 e. The van der Waals surface area contributed by atoms with E-state index in [4.69, 9.17) is 23.2 Å². The molecule has 0 aliphatic carbocycles. The molecule has 0 aromatic heterocycles. The molecule has 0 saturated carbocycles. The average Bonchev–Trinajstić information content (AvgIpc) is 2.45. The van der Waals surface area contributed by atoms with Crippen molar-refractivity contribution in [1.29, 1.82) is 0 Å². The molecule has 106 valence electrons. The highest BCUT2D eigenvalue weighted by Gasteiger charge is 2.13. The second kappa shape index (κ2) is 7.10. The standard InChI is InChI=1S/C17H17Cl2F/c1-12-5-7-13(8-6-12)9-14(11-18)10-15-3-2-4-16(20)17(15)19/h2-8,14H,9-11H2,1H3. The lowest BCUT2D eigenvalue weighted by Crippen LogP contribution is -2.11. The molecule has 0 aliphatic heterocycles. The minimum absolute atomic E-state index is 0.214. The van der Waals surface area contributed by atoms with E-state index in [2.05, 4.69) is 31.2 Å². The molecular weight excluding hydrogens is 294 g/mol. The number of aryl methyl sites for hydroxylation is 1. The summed E-state index contributed by atoms with van der Waals surface area (Å²) in [6.45, 7) is 2.06. The highest BCUT2D eigenvalue weighted by Crippen LogP contribution is 2.24. The molecular formula is C17H17Cl2F. The summed E-state index contributed by atoms with van der Waals surface area (Å²) in [5.74, 6) is 0.410. The Hall–Kier alpha value is -1.05. The summed E-state index contributed by atoms with van der Waals surface area (Å²) < 4.78 is 13.4. The first-order valence-electron chi connectivity index (χ1n) is 6.64. The van der Waals surface area contributed by atoms with E-state index in [1.165, 1.54) is 17.2 Å². The van der Waals surface area contributed by atoms with Crippen LogP contribution in [0.4, 0.5) is 4.39 Å². The number of alkyl halides is 1. The topological polar surface area (TPSA) is 0 Å². The molecule has 0 amide bonds. The molecule has 2 rings (SSSR count). The Balaban J connectivity index is 2.09. The summed E-state index contributed by atoms with van der Waals surface area (Å²) >= 11 is 12.1. The van der Waals surface area contributed by atoms with Crippen LogP contribution >= 0.6 is 23.2 Å². The Morgan fingerprint density at radius 1 is 1.05 bits per heavy atom. The molecule has 1 atom stereocenters. The molecule has 0 bridgehead atoms. The van der Waals surface area contributed by atoms with Crippen molar-refractivity contribution in [1.82, 2.24) is 0 Å². The van der Waals surface area contributed by atoms with Crippen LogP contribution < -0.4 is 0 Å². The summed E-state index contributed by atoms with van der Waals surface area (Å²) in [6.07, 6.45) is 1.56. The van der Waals surface area contributed by atoms with E-state index >= 15 is 0 Å². The van der Waals surface area contributed by atoms with Gasteiger partial charge in [0.05, 0.1) is 5.02 Å². The first kappa shape index (κ1) is 15.3. The first-order chi connectivity index (χ1) is 9.60. The fourth-order valence-corrected chi connectivity index (χ4v) is 2.68. The molecule has 0 nitrogen and oxygen atoms in total. The van der Waals surface area contributed by atoms with Gasteiger partial charge in [-0.1, -0.05) is 53.6 Å². The van der Waals surface area contributed by atoms with Crippen LogP contribution in [0.1, 0.15) is 16.7 Å². The van der Waals surface area contributed by atoms with Crippen LogP contribution in [0.3, 0.4) is 0 Å². The van der Waals surface area contributed by atoms with Gasteiger partial charge in [0.25, 0.3) is 0 Å². The van der Waals surface area contributed by atoms with Gasteiger partial charge in [-0.05, 0) is 42.9 Å². The van der Waals surface area contributed by atoms with E-state index in [9.17, 15) is 4.39 Å². The molecule has 0 N–H and O–H groups in total. The predicted molar refractivity (Wildman–Crippen MR) is 84.2 cm³/mol. The molecule has 2 aromatic rings. The normalized spacial score (nSPS) is 12.4. The molecule has 0 fully saturated rings. The second-order valence-corrected chi connectivity index (χ2v) is 5.81. The van der Waals surface area contributed by atoms with Gasteiger partial charge < -0.3 is 0 Å². The zero-order chi connectivity index (χ0) is 14.5. The summed E-state index contributed by atoms with van der Waals surface area (Å²) in [5.41, 5.74) is 3.31. The molecule has 0 spiro atoms. The zero-order valence-corrected chi connectivity index (χ0v) is 12.9. The van der Waals surface area contributed by atoms with Gasteiger partial charge in [0, 0.05) is 5.88 Å². The van der Waals surface area contributed by atoms with Gasteiger partial charge in [-0.2, -0.15) is 0 Å². The Labute approximate surface area is 129 Å². The SMILES string of the molecule is Cc1ccc(CC(CCl)Cc2cccc(F)c2Cl)cc1. The number of hydrogen-bond acceptors (Lipinski definition) is 0. The van der Waals surface area contributed by atoms with E-state index in [0.717, 1.165) is 12.0 Å². The Morgan fingerprint density at radius 2 is 1.75 bits per heavy atom. The third-order valence-corrected chi connectivity index (χ3v) is 4.26. The van der Waals surface area contributed by atoms with Gasteiger partial charge in [-0.3, -0.25) is 0 Å². The van der Waals surface area contributed by atoms with Gasteiger partial charge in [0.2, 0.25) is 0 Å². The third-order valence-electron chi connectivity index (χ3n) is 3.40. The summed E-state index contributed by atoms with van der Waals surface area (Å²) in [6, 6.07) is 13.3. The Morgan fingerprint density at radius 3 is 2.40 bits per heavy atom. The molecule has 0 heterocycles. The van der Waals surface area contributed by atoms with E-state index in [-0.39, 0.29) is 16.8 Å².